The van der Waals surface area contributed by atoms with Crippen molar-refractivity contribution in [2.24, 2.45) is 0 Å². The third-order valence-electron chi connectivity index (χ3n) is 4.45. The molecule has 2 rings (SSSR count). The van der Waals surface area contributed by atoms with Crippen LogP contribution in [-0.2, 0) is 28.4 Å². The Morgan fingerprint density at radius 2 is 1.36 bits per heavy atom. The molecule has 1 unspecified atom stereocenters. The molecule has 2 saturated heterocycles. The second kappa shape index (κ2) is 11.4. The Hall–Kier alpha value is -0.280. The third kappa shape index (κ3) is 6.43. The predicted molar refractivity (Wildman–Crippen MR) is 93.4 cm³/mol. The zero-order valence-electron chi connectivity index (χ0n) is 16.6. The SMILES string of the molecule is CCC.COC1C[C@H](OC)O[C@@H](C)[C@@H]1O[C@H]1C[C@H](OC)[C@@H](O)[C@H](C)O1. The maximum Gasteiger partial charge on any atom is 0.161 e. The van der Waals surface area contributed by atoms with Gasteiger partial charge in [0.15, 0.2) is 12.6 Å². The Kier molecular flexibility index (Phi) is 10.4. The molecule has 0 radical (unpaired) electrons. The number of hydrogen-bond acceptors (Lipinski definition) is 7. The minimum Gasteiger partial charge on any atom is -0.388 e. The van der Waals surface area contributed by atoms with Crippen molar-refractivity contribution in [3.8, 4) is 0 Å². The number of rotatable bonds is 5. The van der Waals surface area contributed by atoms with Crippen LogP contribution in [0.5, 0.6) is 0 Å². The summed E-state index contributed by atoms with van der Waals surface area (Å²) in [4.78, 5) is 0. The fraction of sp³-hybridized carbons (Fsp3) is 1.00. The first-order valence-electron chi connectivity index (χ1n) is 9.14. The summed E-state index contributed by atoms with van der Waals surface area (Å²) >= 11 is 0. The number of methoxy groups -OCH3 is 3. The molecule has 0 aromatic rings. The molecular weight excluding hydrogens is 328 g/mol. The first-order valence-corrected chi connectivity index (χ1v) is 9.14. The van der Waals surface area contributed by atoms with E-state index >= 15 is 0 Å². The van der Waals surface area contributed by atoms with Crippen LogP contribution in [0.1, 0.15) is 47.0 Å². The van der Waals surface area contributed by atoms with Crippen molar-refractivity contribution in [3.63, 3.8) is 0 Å². The zero-order valence-corrected chi connectivity index (χ0v) is 16.6. The second-order valence-electron chi connectivity index (χ2n) is 6.60. The molecule has 0 aromatic carbocycles. The van der Waals surface area contributed by atoms with Crippen LogP contribution in [0.15, 0.2) is 0 Å². The Morgan fingerprint density at radius 1 is 0.840 bits per heavy atom. The van der Waals surface area contributed by atoms with E-state index in [2.05, 4.69) is 13.8 Å². The van der Waals surface area contributed by atoms with Crippen LogP contribution in [0.25, 0.3) is 0 Å². The van der Waals surface area contributed by atoms with Gasteiger partial charge in [0, 0.05) is 34.2 Å². The molecule has 2 aliphatic heterocycles. The van der Waals surface area contributed by atoms with Gasteiger partial charge in [-0.05, 0) is 13.8 Å². The van der Waals surface area contributed by atoms with Gasteiger partial charge in [0.2, 0.25) is 0 Å². The highest BCUT2D eigenvalue weighted by molar-refractivity contribution is 4.86. The van der Waals surface area contributed by atoms with Crippen LogP contribution >= 0.6 is 0 Å². The molecule has 2 heterocycles. The lowest BCUT2D eigenvalue weighted by atomic mass is 10.00. The largest absolute Gasteiger partial charge is 0.388 e. The first-order chi connectivity index (χ1) is 11.9. The van der Waals surface area contributed by atoms with Gasteiger partial charge in [0.25, 0.3) is 0 Å². The summed E-state index contributed by atoms with van der Waals surface area (Å²) in [5, 5.41) is 10.0. The zero-order chi connectivity index (χ0) is 19.0. The van der Waals surface area contributed by atoms with Crippen molar-refractivity contribution in [1.82, 2.24) is 0 Å². The quantitative estimate of drug-likeness (QED) is 0.800. The van der Waals surface area contributed by atoms with Crippen LogP contribution in [-0.4, -0.2) is 75.6 Å². The van der Waals surface area contributed by atoms with E-state index in [1.807, 2.05) is 13.8 Å². The van der Waals surface area contributed by atoms with Crippen molar-refractivity contribution in [1.29, 1.82) is 0 Å². The van der Waals surface area contributed by atoms with Gasteiger partial charge in [-0.2, -0.15) is 0 Å². The third-order valence-corrected chi connectivity index (χ3v) is 4.45. The molecule has 150 valence electrons. The lowest BCUT2D eigenvalue weighted by Gasteiger charge is -2.43. The number of hydrogen-bond donors (Lipinski definition) is 1. The normalized spacial score (nSPS) is 41.8. The average molecular weight is 364 g/mol. The summed E-state index contributed by atoms with van der Waals surface area (Å²) in [5.74, 6) is 0. The van der Waals surface area contributed by atoms with Gasteiger partial charge in [-0.1, -0.05) is 20.3 Å². The molecule has 7 nitrogen and oxygen atoms in total. The van der Waals surface area contributed by atoms with Crippen molar-refractivity contribution < 1.29 is 33.5 Å². The van der Waals surface area contributed by atoms with E-state index in [-0.39, 0.29) is 36.8 Å². The molecule has 0 spiro atoms. The van der Waals surface area contributed by atoms with E-state index < -0.39 is 12.4 Å². The van der Waals surface area contributed by atoms with Crippen molar-refractivity contribution in [3.05, 3.63) is 0 Å². The molecule has 0 saturated carbocycles. The summed E-state index contributed by atoms with van der Waals surface area (Å²) in [6.45, 7) is 7.98. The van der Waals surface area contributed by atoms with Crippen molar-refractivity contribution >= 4 is 0 Å². The predicted octanol–water partition coefficient (Wildman–Crippen LogP) is 2.09. The molecule has 0 aliphatic carbocycles. The average Bonchev–Trinajstić information content (AvgIpc) is 2.59. The number of aliphatic hydroxyl groups excluding tert-OH is 1. The van der Waals surface area contributed by atoms with Gasteiger partial charge in [0.1, 0.15) is 12.2 Å². The molecule has 0 bridgehead atoms. The van der Waals surface area contributed by atoms with Gasteiger partial charge < -0.3 is 33.5 Å². The Balaban J connectivity index is 0.000000970. The maximum absolute atomic E-state index is 10.0. The lowest BCUT2D eigenvalue weighted by molar-refractivity contribution is -0.312. The number of aliphatic hydroxyl groups is 1. The van der Waals surface area contributed by atoms with Gasteiger partial charge >= 0.3 is 0 Å². The summed E-state index contributed by atoms with van der Waals surface area (Å²) in [6, 6.07) is 0. The Labute approximate surface area is 151 Å². The van der Waals surface area contributed by atoms with Crippen LogP contribution in [0.4, 0.5) is 0 Å². The van der Waals surface area contributed by atoms with Gasteiger partial charge in [-0.25, -0.2) is 0 Å². The molecule has 25 heavy (non-hydrogen) atoms. The molecule has 0 amide bonds. The fourth-order valence-electron chi connectivity index (χ4n) is 3.08. The Morgan fingerprint density at radius 3 is 1.88 bits per heavy atom. The first kappa shape index (κ1) is 22.8. The van der Waals surface area contributed by atoms with Gasteiger partial charge in [0.05, 0.1) is 24.4 Å². The van der Waals surface area contributed by atoms with Crippen LogP contribution in [0.2, 0.25) is 0 Å². The summed E-state index contributed by atoms with van der Waals surface area (Å²) < 4.78 is 33.7. The maximum atomic E-state index is 10.0. The van der Waals surface area contributed by atoms with E-state index in [1.165, 1.54) is 6.42 Å². The summed E-state index contributed by atoms with van der Waals surface area (Å²) in [5.41, 5.74) is 0. The lowest BCUT2D eigenvalue weighted by Crippen LogP contribution is -2.54. The van der Waals surface area contributed by atoms with E-state index in [0.29, 0.717) is 12.8 Å². The van der Waals surface area contributed by atoms with E-state index in [0.717, 1.165) is 0 Å². The van der Waals surface area contributed by atoms with E-state index in [4.69, 9.17) is 28.4 Å². The highest BCUT2D eigenvalue weighted by Crippen LogP contribution is 2.30. The molecule has 1 N–H and O–H groups in total. The summed E-state index contributed by atoms with van der Waals surface area (Å²) in [7, 11) is 4.84. The second-order valence-corrected chi connectivity index (χ2v) is 6.60. The molecule has 8 atom stereocenters. The molecule has 7 heteroatoms. The molecular formula is C18H36O7. The van der Waals surface area contributed by atoms with Crippen LogP contribution in [0.3, 0.4) is 0 Å². The molecule has 0 aromatic heterocycles. The van der Waals surface area contributed by atoms with E-state index in [1.54, 1.807) is 21.3 Å². The highest BCUT2D eigenvalue weighted by atomic mass is 16.7. The number of ether oxygens (including phenoxy) is 6. The standard InChI is InChI=1S/C15H28O7.C3H8/c1-8-14(16)10(17-3)6-13(20-8)22-15-9(2)21-12(19-5)7-11(15)18-4;1-3-2/h8-16H,6-7H2,1-5H3;3H2,1-2H3/t8-,9-,10-,11?,12+,13-,14-,15-;/m0./s1. The van der Waals surface area contributed by atoms with Crippen molar-refractivity contribution in [2.45, 2.75) is 96.2 Å². The smallest absolute Gasteiger partial charge is 0.161 e. The molecule has 2 aliphatic rings. The minimum absolute atomic E-state index is 0.138. The Bertz CT molecular complexity index is 354. The summed E-state index contributed by atoms with van der Waals surface area (Å²) in [6.07, 6.45) is -0.331. The minimum atomic E-state index is -0.652. The fourth-order valence-corrected chi connectivity index (χ4v) is 3.08. The van der Waals surface area contributed by atoms with Gasteiger partial charge in [-0.15, -0.1) is 0 Å². The van der Waals surface area contributed by atoms with Gasteiger partial charge in [-0.3, -0.25) is 0 Å². The topological polar surface area (TPSA) is 75.6 Å². The highest BCUT2D eigenvalue weighted by Gasteiger charge is 2.42. The van der Waals surface area contributed by atoms with Crippen LogP contribution < -0.4 is 0 Å². The van der Waals surface area contributed by atoms with E-state index in [9.17, 15) is 5.11 Å². The molecule has 2 fully saturated rings. The van der Waals surface area contributed by atoms with Crippen molar-refractivity contribution in [2.75, 3.05) is 21.3 Å². The van der Waals surface area contributed by atoms with Crippen LogP contribution in [0, 0.1) is 0 Å². The monoisotopic (exact) mass is 364 g/mol.